The van der Waals surface area contributed by atoms with E-state index in [9.17, 15) is 9.59 Å². The van der Waals surface area contributed by atoms with Crippen LogP contribution in [0.2, 0.25) is 0 Å². The first-order valence-corrected chi connectivity index (χ1v) is 8.81. The van der Waals surface area contributed by atoms with E-state index in [4.69, 9.17) is 9.47 Å². The van der Waals surface area contributed by atoms with E-state index in [2.05, 4.69) is 31.3 Å². The quantitative estimate of drug-likeness (QED) is 0.535. The van der Waals surface area contributed by atoms with Gasteiger partial charge in [0.05, 0.1) is 33.2 Å². The van der Waals surface area contributed by atoms with E-state index in [1.54, 1.807) is 20.3 Å². The number of rotatable bonds is 8. The summed E-state index contributed by atoms with van der Waals surface area (Å²) in [6.07, 6.45) is 0.0325. The summed E-state index contributed by atoms with van der Waals surface area (Å²) in [4.78, 5) is 26.7. The van der Waals surface area contributed by atoms with Crippen LogP contribution in [0.1, 0.15) is 17.8 Å². The van der Waals surface area contributed by atoms with Gasteiger partial charge in [-0.15, -0.1) is 10.2 Å². The van der Waals surface area contributed by atoms with Crippen molar-refractivity contribution in [2.45, 2.75) is 25.6 Å². The fourth-order valence-electron chi connectivity index (χ4n) is 3.05. The summed E-state index contributed by atoms with van der Waals surface area (Å²) in [5.41, 5.74) is 0.933. The second-order valence-electron chi connectivity index (χ2n) is 6.31. The molecule has 3 rings (SSSR count). The zero-order valence-electron chi connectivity index (χ0n) is 15.8. The molecule has 2 heterocycles. The Morgan fingerprint density at radius 2 is 2.04 bits per heavy atom. The van der Waals surface area contributed by atoms with Crippen LogP contribution in [0.5, 0.6) is 11.5 Å². The van der Waals surface area contributed by atoms with Gasteiger partial charge in [0.1, 0.15) is 11.5 Å². The molecule has 28 heavy (non-hydrogen) atoms. The maximum atomic E-state index is 12.4. The molecular formula is C17H23N7O4. The highest BCUT2D eigenvalue weighted by Crippen LogP contribution is 2.24. The van der Waals surface area contributed by atoms with Crippen molar-refractivity contribution in [2.24, 2.45) is 0 Å². The van der Waals surface area contributed by atoms with Crippen LogP contribution in [-0.4, -0.2) is 70.7 Å². The Bertz CT molecular complexity index is 790. The molecule has 3 N–H and O–H groups in total. The topological polar surface area (TPSA) is 134 Å². The van der Waals surface area contributed by atoms with Crippen molar-refractivity contribution in [3.05, 3.63) is 29.6 Å². The van der Waals surface area contributed by atoms with Crippen molar-refractivity contribution in [2.75, 3.05) is 27.3 Å². The molecule has 2 aromatic rings. The van der Waals surface area contributed by atoms with E-state index in [0.29, 0.717) is 37.0 Å². The maximum absolute atomic E-state index is 12.4. The minimum atomic E-state index is -0.573. The van der Waals surface area contributed by atoms with Crippen LogP contribution in [0.4, 0.5) is 0 Å². The van der Waals surface area contributed by atoms with E-state index in [-0.39, 0.29) is 24.8 Å². The molecule has 11 heteroatoms. The number of hydrogen-bond acceptors (Lipinski definition) is 8. The summed E-state index contributed by atoms with van der Waals surface area (Å²) >= 11 is 0. The molecule has 1 atom stereocenters. The smallest absolute Gasteiger partial charge is 0.237 e. The van der Waals surface area contributed by atoms with Gasteiger partial charge in [0.2, 0.25) is 11.8 Å². The average molecular weight is 389 g/mol. The van der Waals surface area contributed by atoms with Gasteiger partial charge < -0.3 is 20.1 Å². The summed E-state index contributed by atoms with van der Waals surface area (Å²) in [5.74, 6) is 1.29. The highest BCUT2D eigenvalue weighted by Gasteiger charge is 2.31. The third-order valence-corrected chi connectivity index (χ3v) is 4.45. The second-order valence-corrected chi connectivity index (χ2v) is 6.31. The Balaban J connectivity index is 1.66. The number of piperazine rings is 1. The highest BCUT2D eigenvalue weighted by molar-refractivity contribution is 5.88. The lowest BCUT2D eigenvalue weighted by atomic mass is 10.1. The van der Waals surface area contributed by atoms with Crippen LogP contribution in [0.15, 0.2) is 18.2 Å². The molecule has 0 aliphatic carbocycles. The predicted molar refractivity (Wildman–Crippen MR) is 97.4 cm³/mol. The van der Waals surface area contributed by atoms with Crippen molar-refractivity contribution in [1.82, 2.24) is 36.2 Å². The van der Waals surface area contributed by atoms with Crippen molar-refractivity contribution >= 4 is 11.8 Å². The Hall–Kier alpha value is -3.21. The lowest BCUT2D eigenvalue weighted by molar-refractivity contribution is -0.134. The van der Waals surface area contributed by atoms with Crippen LogP contribution in [0.25, 0.3) is 0 Å². The van der Waals surface area contributed by atoms with E-state index in [1.807, 2.05) is 17.0 Å². The Labute approximate surface area is 161 Å². The predicted octanol–water partition coefficient (Wildman–Crippen LogP) is -0.776. The number of carbonyl (C=O) groups excluding carboxylic acids is 2. The number of methoxy groups -OCH3 is 2. The number of H-pyrrole nitrogens is 1. The first-order valence-electron chi connectivity index (χ1n) is 8.81. The van der Waals surface area contributed by atoms with Crippen molar-refractivity contribution in [1.29, 1.82) is 0 Å². The van der Waals surface area contributed by atoms with E-state index < -0.39 is 6.04 Å². The van der Waals surface area contributed by atoms with Crippen LogP contribution < -0.4 is 20.1 Å². The van der Waals surface area contributed by atoms with Gasteiger partial charge >= 0.3 is 0 Å². The van der Waals surface area contributed by atoms with Crippen molar-refractivity contribution in [3.8, 4) is 11.5 Å². The molecule has 1 aliphatic rings. The molecule has 0 spiro atoms. The largest absolute Gasteiger partial charge is 0.497 e. The SMILES string of the molecule is COc1cc(CN2CCNC(=O)C2CC(=O)NCc2nn[nH]n2)cc(OC)c1. The minimum absolute atomic E-state index is 0.0325. The zero-order valence-corrected chi connectivity index (χ0v) is 15.8. The average Bonchev–Trinajstić information content (AvgIpc) is 3.22. The molecule has 1 unspecified atom stereocenters. The molecule has 1 aliphatic heterocycles. The number of aromatic nitrogens is 4. The van der Waals surface area contributed by atoms with Gasteiger partial charge in [-0.1, -0.05) is 5.21 Å². The van der Waals surface area contributed by atoms with E-state index in [0.717, 1.165) is 5.56 Å². The summed E-state index contributed by atoms with van der Waals surface area (Å²) < 4.78 is 10.6. The third-order valence-electron chi connectivity index (χ3n) is 4.45. The number of hydrogen-bond donors (Lipinski definition) is 3. The molecule has 0 radical (unpaired) electrons. The molecular weight excluding hydrogens is 366 g/mol. The van der Waals surface area contributed by atoms with E-state index >= 15 is 0 Å². The molecule has 1 fully saturated rings. The van der Waals surface area contributed by atoms with Crippen molar-refractivity contribution < 1.29 is 19.1 Å². The standard InChI is InChI=1S/C17H23N7O4/c1-27-12-5-11(6-13(7-12)28-2)10-24-4-3-18-17(26)14(24)8-16(25)19-9-15-20-22-23-21-15/h5-7,14H,3-4,8-10H2,1-2H3,(H,18,26)(H,19,25)(H,20,21,22,23). The van der Waals surface area contributed by atoms with Crippen molar-refractivity contribution in [3.63, 3.8) is 0 Å². The Morgan fingerprint density at radius 3 is 2.68 bits per heavy atom. The first kappa shape index (κ1) is 19.5. The third kappa shape index (κ3) is 4.94. The summed E-state index contributed by atoms with van der Waals surface area (Å²) in [6, 6.07) is 5.00. The zero-order chi connectivity index (χ0) is 19.9. The molecule has 11 nitrogen and oxygen atoms in total. The molecule has 1 aromatic heterocycles. The van der Waals surface area contributed by atoms with Gasteiger partial charge in [-0.05, 0) is 17.7 Å². The summed E-state index contributed by atoms with van der Waals surface area (Å²) in [6.45, 7) is 1.80. The maximum Gasteiger partial charge on any atom is 0.237 e. The molecule has 0 saturated carbocycles. The van der Waals surface area contributed by atoms with Crippen LogP contribution in [0, 0.1) is 0 Å². The Morgan fingerprint density at radius 1 is 1.29 bits per heavy atom. The highest BCUT2D eigenvalue weighted by atomic mass is 16.5. The Kier molecular flexibility index (Phi) is 6.37. The molecule has 1 saturated heterocycles. The lowest BCUT2D eigenvalue weighted by Crippen LogP contribution is -2.56. The minimum Gasteiger partial charge on any atom is -0.497 e. The number of ether oxygens (including phenoxy) is 2. The number of nitrogens with one attached hydrogen (secondary N) is 3. The monoisotopic (exact) mass is 389 g/mol. The van der Waals surface area contributed by atoms with Gasteiger partial charge in [-0.25, -0.2) is 0 Å². The van der Waals surface area contributed by atoms with Gasteiger partial charge in [0, 0.05) is 25.7 Å². The normalized spacial score (nSPS) is 17.1. The van der Waals surface area contributed by atoms with Gasteiger partial charge in [0.15, 0.2) is 5.82 Å². The lowest BCUT2D eigenvalue weighted by Gasteiger charge is -2.34. The van der Waals surface area contributed by atoms with Gasteiger partial charge in [-0.2, -0.15) is 5.21 Å². The molecule has 1 aromatic carbocycles. The van der Waals surface area contributed by atoms with Crippen LogP contribution in [-0.2, 0) is 22.7 Å². The molecule has 150 valence electrons. The second kappa shape index (κ2) is 9.13. The summed E-state index contributed by atoms with van der Waals surface area (Å²) in [7, 11) is 3.17. The van der Waals surface area contributed by atoms with E-state index in [1.165, 1.54) is 0 Å². The summed E-state index contributed by atoms with van der Waals surface area (Å²) in [5, 5.41) is 18.8. The van der Waals surface area contributed by atoms with Crippen LogP contribution in [0.3, 0.4) is 0 Å². The van der Waals surface area contributed by atoms with Crippen LogP contribution >= 0.6 is 0 Å². The number of tetrazole rings is 1. The number of nitrogens with zero attached hydrogens (tertiary/aromatic N) is 4. The molecule has 0 bridgehead atoms. The van der Waals surface area contributed by atoms with Gasteiger partial charge in [0.25, 0.3) is 0 Å². The number of amides is 2. The number of aromatic amines is 1. The molecule has 2 amide bonds. The first-order chi connectivity index (χ1) is 13.6. The fourth-order valence-corrected chi connectivity index (χ4v) is 3.05. The van der Waals surface area contributed by atoms with Gasteiger partial charge in [-0.3, -0.25) is 14.5 Å². The number of benzene rings is 1. The number of carbonyl (C=O) groups is 2. The fraction of sp³-hybridized carbons (Fsp3) is 0.471.